The standard InChI is InChI=1S/C13H16N4O2S/c1-8(2)14-7-12-15-16-13(20-12)10-4-9(3)5-11(6-10)17(18)19/h4-6,8,14H,7H2,1-3H3. The third kappa shape index (κ3) is 3.58. The molecule has 0 aliphatic heterocycles. The van der Waals surface area contributed by atoms with Crippen molar-refractivity contribution in [3.8, 4) is 10.6 Å². The minimum absolute atomic E-state index is 0.0806. The lowest BCUT2D eigenvalue weighted by Gasteiger charge is -2.03. The highest BCUT2D eigenvalue weighted by Crippen LogP contribution is 2.28. The van der Waals surface area contributed by atoms with E-state index in [9.17, 15) is 10.1 Å². The monoisotopic (exact) mass is 292 g/mol. The van der Waals surface area contributed by atoms with Crippen LogP contribution in [0.4, 0.5) is 5.69 Å². The van der Waals surface area contributed by atoms with Gasteiger partial charge in [0.05, 0.1) is 4.92 Å². The fourth-order valence-electron chi connectivity index (χ4n) is 1.72. The van der Waals surface area contributed by atoms with Gasteiger partial charge in [-0.2, -0.15) is 0 Å². The number of nitro benzene ring substituents is 1. The molecular weight excluding hydrogens is 276 g/mol. The Kier molecular flexibility index (Phi) is 4.41. The summed E-state index contributed by atoms with van der Waals surface area (Å²) >= 11 is 1.45. The van der Waals surface area contributed by atoms with Crippen molar-refractivity contribution in [2.75, 3.05) is 0 Å². The second kappa shape index (κ2) is 6.06. The first-order valence-electron chi connectivity index (χ1n) is 6.28. The number of non-ortho nitro benzene ring substituents is 1. The summed E-state index contributed by atoms with van der Waals surface area (Å²) in [7, 11) is 0. The molecule has 0 radical (unpaired) electrons. The van der Waals surface area contributed by atoms with E-state index in [1.54, 1.807) is 6.07 Å². The zero-order chi connectivity index (χ0) is 14.7. The van der Waals surface area contributed by atoms with E-state index in [0.717, 1.165) is 16.1 Å². The maximum Gasteiger partial charge on any atom is 0.270 e. The van der Waals surface area contributed by atoms with Crippen LogP contribution in [-0.2, 0) is 6.54 Å². The van der Waals surface area contributed by atoms with Gasteiger partial charge in [0.2, 0.25) is 0 Å². The third-order valence-corrected chi connectivity index (χ3v) is 3.62. The number of nitrogens with zero attached hydrogens (tertiary/aromatic N) is 3. The van der Waals surface area contributed by atoms with Gasteiger partial charge in [0.25, 0.3) is 5.69 Å². The summed E-state index contributed by atoms with van der Waals surface area (Å²) in [6, 6.07) is 5.34. The van der Waals surface area contributed by atoms with Crippen molar-refractivity contribution in [1.82, 2.24) is 15.5 Å². The first-order valence-corrected chi connectivity index (χ1v) is 7.09. The molecule has 0 saturated carbocycles. The summed E-state index contributed by atoms with van der Waals surface area (Å²) in [4.78, 5) is 10.5. The van der Waals surface area contributed by atoms with E-state index in [-0.39, 0.29) is 5.69 Å². The van der Waals surface area contributed by atoms with E-state index in [4.69, 9.17) is 0 Å². The van der Waals surface area contributed by atoms with Crippen LogP contribution < -0.4 is 5.32 Å². The zero-order valence-electron chi connectivity index (χ0n) is 11.6. The van der Waals surface area contributed by atoms with E-state index in [2.05, 4.69) is 29.4 Å². The smallest absolute Gasteiger partial charge is 0.270 e. The van der Waals surface area contributed by atoms with Gasteiger partial charge in [0.1, 0.15) is 10.0 Å². The van der Waals surface area contributed by atoms with Crippen LogP contribution in [0.3, 0.4) is 0 Å². The molecule has 0 aliphatic carbocycles. The molecular formula is C13H16N4O2S. The van der Waals surface area contributed by atoms with Gasteiger partial charge in [-0.3, -0.25) is 10.1 Å². The number of aromatic nitrogens is 2. The number of hydrogen-bond donors (Lipinski definition) is 1. The van der Waals surface area contributed by atoms with Gasteiger partial charge < -0.3 is 5.32 Å². The summed E-state index contributed by atoms with van der Waals surface area (Å²) in [6.07, 6.45) is 0. The third-order valence-electron chi connectivity index (χ3n) is 2.65. The lowest BCUT2D eigenvalue weighted by atomic mass is 10.1. The second-order valence-corrected chi connectivity index (χ2v) is 5.91. The molecule has 106 valence electrons. The molecule has 2 aromatic rings. The van der Waals surface area contributed by atoms with Crippen LogP contribution in [0.5, 0.6) is 0 Å². The average molecular weight is 292 g/mol. The van der Waals surface area contributed by atoms with Gasteiger partial charge in [-0.15, -0.1) is 10.2 Å². The fraction of sp³-hybridized carbons (Fsp3) is 0.385. The summed E-state index contributed by atoms with van der Waals surface area (Å²) in [6.45, 7) is 6.61. The van der Waals surface area contributed by atoms with Crippen LogP contribution in [0.25, 0.3) is 10.6 Å². The van der Waals surface area contributed by atoms with Crippen LogP contribution in [0, 0.1) is 17.0 Å². The Hall–Kier alpha value is -1.86. The molecule has 0 saturated heterocycles. The van der Waals surface area contributed by atoms with Crippen molar-refractivity contribution in [3.63, 3.8) is 0 Å². The molecule has 1 heterocycles. The Morgan fingerprint density at radius 1 is 1.35 bits per heavy atom. The predicted octanol–water partition coefficient (Wildman–Crippen LogP) is 2.92. The molecule has 7 heteroatoms. The molecule has 0 bridgehead atoms. The van der Waals surface area contributed by atoms with Crippen molar-refractivity contribution in [2.24, 2.45) is 0 Å². The maximum atomic E-state index is 10.9. The highest BCUT2D eigenvalue weighted by Gasteiger charge is 2.13. The minimum Gasteiger partial charge on any atom is -0.308 e. The van der Waals surface area contributed by atoms with Crippen molar-refractivity contribution >= 4 is 17.0 Å². The minimum atomic E-state index is -0.390. The van der Waals surface area contributed by atoms with Gasteiger partial charge in [0.15, 0.2) is 0 Å². The summed E-state index contributed by atoms with van der Waals surface area (Å²) in [5.74, 6) is 0. The molecule has 0 unspecified atom stereocenters. The lowest BCUT2D eigenvalue weighted by molar-refractivity contribution is -0.384. The fourth-order valence-corrected chi connectivity index (χ4v) is 2.50. The van der Waals surface area contributed by atoms with Gasteiger partial charge in [-0.1, -0.05) is 25.2 Å². The topological polar surface area (TPSA) is 81.0 Å². The van der Waals surface area contributed by atoms with Gasteiger partial charge in [-0.25, -0.2) is 0 Å². The Morgan fingerprint density at radius 2 is 2.10 bits per heavy atom. The molecule has 0 spiro atoms. The van der Waals surface area contributed by atoms with Crippen LogP contribution in [0.1, 0.15) is 24.4 Å². The molecule has 2 rings (SSSR count). The predicted molar refractivity (Wildman–Crippen MR) is 78.7 cm³/mol. The molecule has 1 aromatic heterocycles. The van der Waals surface area contributed by atoms with Gasteiger partial charge >= 0.3 is 0 Å². The van der Waals surface area contributed by atoms with Crippen LogP contribution >= 0.6 is 11.3 Å². The largest absolute Gasteiger partial charge is 0.308 e. The number of hydrogen-bond acceptors (Lipinski definition) is 6. The van der Waals surface area contributed by atoms with Gasteiger partial charge in [-0.05, 0) is 18.6 Å². The molecule has 20 heavy (non-hydrogen) atoms. The van der Waals surface area contributed by atoms with Gasteiger partial charge in [0, 0.05) is 30.3 Å². The number of nitro groups is 1. The number of benzene rings is 1. The van der Waals surface area contributed by atoms with Crippen molar-refractivity contribution in [2.45, 2.75) is 33.4 Å². The average Bonchev–Trinajstić information content (AvgIpc) is 2.84. The second-order valence-electron chi connectivity index (χ2n) is 4.85. The van der Waals surface area contributed by atoms with E-state index in [0.29, 0.717) is 17.6 Å². The van der Waals surface area contributed by atoms with Crippen molar-refractivity contribution in [3.05, 3.63) is 38.9 Å². The Morgan fingerprint density at radius 3 is 2.75 bits per heavy atom. The quantitative estimate of drug-likeness (QED) is 0.677. The summed E-state index contributed by atoms with van der Waals surface area (Å²) in [5.41, 5.74) is 1.66. The SMILES string of the molecule is Cc1cc(-c2nnc(CNC(C)C)s2)cc([N+](=O)[O-])c1. The molecule has 0 amide bonds. The van der Waals surface area contributed by atoms with E-state index < -0.39 is 4.92 Å². The number of aryl methyl sites for hydroxylation is 1. The number of nitrogens with one attached hydrogen (secondary N) is 1. The molecule has 0 fully saturated rings. The summed E-state index contributed by atoms with van der Waals surface area (Å²) in [5, 5.41) is 23.9. The van der Waals surface area contributed by atoms with E-state index in [1.807, 2.05) is 13.0 Å². The Bertz CT molecular complexity index is 625. The molecule has 0 atom stereocenters. The van der Waals surface area contributed by atoms with Crippen LogP contribution in [0.15, 0.2) is 18.2 Å². The first-order chi connectivity index (χ1) is 9.45. The van der Waals surface area contributed by atoms with E-state index >= 15 is 0 Å². The van der Waals surface area contributed by atoms with Crippen molar-refractivity contribution < 1.29 is 4.92 Å². The Labute approximate surface area is 121 Å². The van der Waals surface area contributed by atoms with Crippen LogP contribution in [0.2, 0.25) is 0 Å². The molecule has 1 aromatic carbocycles. The number of rotatable bonds is 5. The zero-order valence-corrected chi connectivity index (χ0v) is 12.4. The highest BCUT2D eigenvalue weighted by molar-refractivity contribution is 7.14. The maximum absolute atomic E-state index is 10.9. The normalized spacial score (nSPS) is 11.0. The Balaban J connectivity index is 2.25. The molecule has 0 aliphatic rings. The van der Waals surface area contributed by atoms with E-state index in [1.165, 1.54) is 17.4 Å². The van der Waals surface area contributed by atoms with Crippen LogP contribution in [-0.4, -0.2) is 21.2 Å². The summed E-state index contributed by atoms with van der Waals surface area (Å²) < 4.78 is 0. The first kappa shape index (κ1) is 14.5. The van der Waals surface area contributed by atoms with Crippen molar-refractivity contribution in [1.29, 1.82) is 0 Å². The molecule has 6 nitrogen and oxygen atoms in total. The molecule has 1 N–H and O–H groups in total. The highest BCUT2D eigenvalue weighted by atomic mass is 32.1. The lowest BCUT2D eigenvalue weighted by Crippen LogP contribution is -2.21.